The smallest absolute Gasteiger partial charge is 0.254 e. The molecule has 0 unspecified atom stereocenters. The first kappa shape index (κ1) is 20.4. The number of benzene rings is 3. The highest BCUT2D eigenvalue weighted by molar-refractivity contribution is 6.31. The number of hydrogen-bond acceptors (Lipinski definition) is 4. The van der Waals surface area contributed by atoms with Crippen LogP contribution < -0.4 is 4.90 Å². The van der Waals surface area contributed by atoms with Crippen molar-refractivity contribution in [3.63, 3.8) is 0 Å². The molecular formula is C25H20ClFN4O. The monoisotopic (exact) mass is 446 g/mol. The minimum absolute atomic E-state index is 0.159. The van der Waals surface area contributed by atoms with Crippen LogP contribution in [0.15, 0.2) is 72.8 Å². The van der Waals surface area contributed by atoms with Crippen LogP contribution in [0.4, 0.5) is 10.2 Å². The van der Waals surface area contributed by atoms with Gasteiger partial charge in [0.05, 0.1) is 5.52 Å². The van der Waals surface area contributed by atoms with Gasteiger partial charge in [0.15, 0.2) is 5.82 Å². The maximum Gasteiger partial charge on any atom is 0.254 e. The van der Waals surface area contributed by atoms with Gasteiger partial charge in [0.1, 0.15) is 11.6 Å². The van der Waals surface area contributed by atoms with Crippen LogP contribution in [0.1, 0.15) is 10.4 Å². The van der Waals surface area contributed by atoms with E-state index in [0.717, 1.165) is 22.3 Å². The molecule has 7 heteroatoms. The Kier molecular flexibility index (Phi) is 5.45. The molecule has 5 nitrogen and oxygen atoms in total. The van der Waals surface area contributed by atoms with Crippen molar-refractivity contribution in [1.29, 1.82) is 0 Å². The third kappa shape index (κ3) is 4.01. The Morgan fingerprint density at radius 2 is 1.66 bits per heavy atom. The molecule has 4 aromatic rings. The first-order valence-corrected chi connectivity index (χ1v) is 10.8. The maximum absolute atomic E-state index is 13.5. The number of carbonyl (C=O) groups is 1. The van der Waals surface area contributed by atoms with E-state index < -0.39 is 5.82 Å². The molecule has 3 aromatic carbocycles. The largest absolute Gasteiger partial charge is 0.352 e. The predicted octanol–water partition coefficient (Wildman–Crippen LogP) is 5.05. The number of halogens is 2. The summed E-state index contributed by atoms with van der Waals surface area (Å²) in [6.07, 6.45) is 0. The lowest BCUT2D eigenvalue weighted by Crippen LogP contribution is -2.49. The summed E-state index contributed by atoms with van der Waals surface area (Å²) < 4.78 is 13.5. The summed E-state index contributed by atoms with van der Waals surface area (Å²) >= 11 is 6.23. The Balaban J connectivity index is 1.44. The first-order valence-electron chi connectivity index (χ1n) is 10.4. The van der Waals surface area contributed by atoms with Crippen LogP contribution in [-0.2, 0) is 0 Å². The van der Waals surface area contributed by atoms with Crippen LogP contribution in [-0.4, -0.2) is 47.0 Å². The van der Waals surface area contributed by atoms with Crippen molar-refractivity contribution in [1.82, 2.24) is 14.9 Å². The van der Waals surface area contributed by atoms with E-state index in [1.807, 2.05) is 48.5 Å². The normalized spacial score (nSPS) is 14.1. The summed E-state index contributed by atoms with van der Waals surface area (Å²) in [6.45, 7) is 2.28. The number of nitrogens with zero attached hydrogens (tertiary/aromatic N) is 4. The maximum atomic E-state index is 13.5. The predicted molar refractivity (Wildman–Crippen MR) is 125 cm³/mol. The minimum atomic E-state index is -0.408. The first-order chi connectivity index (χ1) is 15.6. The average Bonchev–Trinajstić information content (AvgIpc) is 2.83. The molecular weight excluding hydrogens is 427 g/mol. The zero-order valence-corrected chi connectivity index (χ0v) is 18.0. The van der Waals surface area contributed by atoms with Crippen molar-refractivity contribution in [2.24, 2.45) is 0 Å². The molecule has 1 aliphatic rings. The second kappa shape index (κ2) is 8.55. The summed E-state index contributed by atoms with van der Waals surface area (Å²) in [5, 5.41) is 1.53. The molecule has 1 fully saturated rings. The Hall–Kier alpha value is -3.51. The number of hydrogen-bond donors (Lipinski definition) is 0. The van der Waals surface area contributed by atoms with Crippen LogP contribution in [0.3, 0.4) is 0 Å². The highest BCUT2D eigenvalue weighted by Crippen LogP contribution is 2.30. The van der Waals surface area contributed by atoms with Crippen LogP contribution in [0.25, 0.3) is 22.3 Å². The molecule has 2 heterocycles. The van der Waals surface area contributed by atoms with E-state index in [1.54, 1.807) is 17.0 Å². The Bertz CT molecular complexity index is 1290. The lowest BCUT2D eigenvalue weighted by molar-refractivity contribution is 0.0746. The van der Waals surface area contributed by atoms with Gasteiger partial charge in [-0.3, -0.25) is 4.79 Å². The molecule has 1 amide bonds. The van der Waals surface area contributed by atoms with E-state index in [2.05, 4.69) is 4.90 Å². The van der Waals surface area contributed by atoms with Gasteiger partial charge in [-0.2, -0.15) is 0 Å². The molecule has 160 valence electrons. The zero-order valence-electron chi connectivity index (χ0n) is 17.2. The lowest BCUT2D eigenvalue weighted by Gasteiger charge is -2.36. The van der Waals surface area contributed by atoms with Gasteiger partial charge in [0, 0.05) is 47.7 Å². The van der Waals surface area contributed by atoms with Crippen LogP contribution in [0.5, 0.6) is 0 Å². The second-order valence-corrected chi connectivity index (χ2v) is 8.12. The van der Waals surface area contributed by atoms with Gasteiger partial charge in [0.25, 0.3) is 5.91 Å². The lowest BCUT2D eigenvalue weighted by atomic mass is 10.1. The molecule has 0 aliphatic carbocycles. The molecule has 32 heavy (non-hydrogen) atoms. The fourth-order valence-corrected chi connectivity index (χ4v) is 4.14. The van der Waals surface area contributed by atoms with E-state index >= 15 is 0 Å². The quantitative estimate of drug-likeness (QED) is 0.442. The number of piperazine rings is 1. The van der Waals surface area contributed by atoms with Crippen molar-refractivity contribution >= 4 is 34.2 Å². The van der Waals surface area contributed by atoms with E-state index in [9.17, 15) is 9.18 Å². The number of carbonyl (C=O) groups excluding carboxylic acids is 1. The molecule has 1 saturated heterocycles. The third-order valence-corrected chi connectivity index (χ3v) is 5.84. The summed E-state index contributed by atoms with van der Waals surface area (Å²) in [5.74, 6) is 0.888. The molecule has 0 radical (unpaired) electrons. The van der Waals surface area contributed by atoms with Gasteiger partial charge in [0.2, 0.25) is 0 Å². The van der Waals surface area contributed by atoms with E-state index in [-0.39, 0.29) is 5.91 Å². The molecule has 1 aliphatic heterocycles. The van der Waals surface area contributed by atoms with Crippen molar-refractivity contribution in [3.8, 4) is 11.4 Å². The molecule has 0 bridgehead atoms. The van der Waals surface area contributed by atoms with Crippen molar-refractivity contribution < 1.29 is 9.18 Å². The van der Waals surface area contributed by atoms with Gasteiger partial charge < -0.3 is 9.80 Å². The fraction of sp³-hybridized carbons (Fsp3) is 0.160. The molecule has 0 atom stereocenters. The number of aromatic nitrogens is 2. The highest BCUT2D eigenvalue weighted by atomic mass is 35.5. The van der Waals surface area contributed by atoms with Gasteiger partial charge >= 0.3 is 0 Å². The third-order valence-electron chi connectivity index (χ3n) is 5.61. The van der Waals surface area contributed by atoms with Crippen LogP contribution in [0.2, 0.25) is 5.02 Å². The van der Waals surface area contributed by atoms with Crippen molar-refractivity contribution in [3.05, 3.63) is 89.2 Å². The van der Waals surface area contributed by atoms with Gasteiger partial charge in [-0.15, -0.1) is 0 Å². The summed E-state index contributed by atoms with van der Waals surface area (Å²) in [6, 6.07) is 21.3. The Labute approximate surface area is 190 Å². The molecule has 1 aromatic heterocycles. The Morgan fingerprint density at radius 1 is 0.875 bits per heavy atom. The molecule has 0 saturated carbocycles. The standard InChI is InChI=1S/C25H20ClFN4O/c26-19-9-10-21-22(16-19)28-23(17-5-2-1-3-6-17)29-24(21)30-11-13-31(14-12-30)25(32)18-7-4-8-20(27)15-18/h1-10,15-16H,11-14H2. The van der Waals surface area contributed by atoms with Gasteiger partial charge in [-0.1, -0.05) is 48.0 Å². The second-order valence-electron chi connectivity index (χ2n) is 7.69. The Morgan fingerprint density at radius 3 is 2.41 bits per heavy atom. The summed E-state index contributed by atoms with van der Waals surface area (Å²) in [4.78, 5) is 26.3. The van der Waals surface area contributed by atoms with Crippen LogP contribution >= 0.6 is 11.6 Å². The highest BCUT2D eigenvalue weighted by Gasteiger charge is 2.25. The molecule has 0 spiro atoms. The zero-order chi connectivity index (χ0) is 22.1. The number of rotatable bonds is 3. The van der Waals surface area contributed by atoms with Gasteiger partial charge in [-0.05, 0) is 36.4 Å². The topological polar surface area (TPSA) is 49.3 Å². The van der Waals surface area contributed by atoms with E-state index in [1.165, 1.54) is 12.1 Å². The van der Waals surface area contributed by atoms with Crippen molar-refractivity contribution in [2.75, 3.05) is 31.1 Å². The summed E-state index contributed by atoms with van der Waals surface area (Å²) in [7, 11) is 0. The minimum Gasteiger partial charge on any atom is -0.352 e. The molecule has 5 rings (SSSR count). The average molecular weight is 447 g/mol. The molecule has 0 N–H and O–H groups in total. The number of fused-ring (bicyclic) bond motifs is 1. The number of amides is 1. The van der Waals surface area contributed by atoms with Crippen molar-refractivity contribution in [2.45, 2.75) is 0 Å². The SMILES string of the molecule is O=C(c1cccc(F)c1)N1CCN(c2nc(-c3ccccc3)nc3cc(Cl)ccc23)CC1. The fourth-order valence-electron chi connectivity index (χ4n) is 3.97. The number of anilines is 1. The summed E-state index contributed by atoms with van der Waals surface area (Å²) in [5.41, 5.74) is 2.07. The van der Waals surface area contributed by atoms with E-state index in [4.69, 9.17) is 21.6 Å². The van der Waals surface area contributed by atoms with Gasteiger partial charge in [-0.25, -0.2) is 14.4 Å². The van der Waals surface area contributed by atoms with Crippen LogP contribution in [0, 0.1) is 5.82 Å². The van der Waals surface area contributed by atoms with E-state index in [0.29, 0.717) is 42.6 Å².